The SMILES string of the molecule is CCCN(CC1CCCCN1)C(=O)Nc1ccc(C)cc1. The minimum Gasteiger partial charge on any atom is -0.323 e. The van der Waals surface area contributed by atoms with E-state index in [1.165, 1.54) is 18.4 Å². The van der Waals surface area contributed by atoms with E-state index in [1.807, 2.05) is 36.1 Å². The number of aryl methyl sites for hydroxylation is 1. The maximum Gasteiger partial charge on any atom is 0.321 e. The Bertz CT molecular complexity index is 438. The molecule has 4 heteroatoms. The van der Waals surface area contributed by atoms with Crippen LogP contribution in [0.1, 0.15) is 38.2 Å². The Kier molecular flexibility index (Phi) is 6.05. The van der Waals surface area contributed by atoms with Crippen LogP contribution in [0.2, 0.25) is 0 Å². The van der Waals surface area contributed by atoms with E-state index in [9.17, 15) is 4.79 Å². The first kappa shape index (κ1) is 15.8. The molecule has 21 heavy (non-hydrogen) atoms. The van der Waals surface area contributed by atoms with Gasteiger partial charge in [-0.2, -0.15) is 0 Å². The van der Waals surface area contributed by atoms with Gasteiger partial charge in [-0.1, -0.05) is 31.0 Å². The van der Waals surface area contributed by atoms with E-state index in [0.29, 0.717) is 6.04 Å². The molecule has 0 saturated carbocycles. The van der Waals surface area contributed by atoms with E-state index in [-0.39, 0.29) is 6.03 Å². The average Bonchev–Trinajstić information content (AvgIpc) is 2.50. The lowest BCUT2D eigenvalue weighted by atomic mass is 10.0. The van der Waals surface area contributed by atoms with Crippen molar-refractivity contribution in [1.82, 2.24) is 10.2 Å². The molecule has 1 aliphatic rings. The molecule has 1 saturated heterocycles. The van der Waals surface area contributed by atoms with Gasteiger partial charge in [0.05, 0.1) is 0 Å². The first-order valence-corrected chi connectivity index (χ1v) is 8.05. The Hall–Kier alpha value is -1.55. The van der Waals surface area contributed by atoms with Crippen LogP contribution in [0.4, 0.5) is 10.5 Å². The monoisotopic (exact) mass is 289 g/mol. The second kappa shape index (κ2) is 8.03. The predicted molar refractivity (Wildman–Crippen MR) is 87.7 cm³/mol. The Morgan fingerprint density at radius 2 is 2.10 bits per heavy atom. The van der Waals surface area contributed by atoms with Crippen LogP contribution in [0.5, 0.6) is 0 Å². The van der Waals surface area contributed by atoms with E-state index in [2.05, 4.69) is 17.6 Å². The molecule has 1 fully saturated rings. The van der Waals surface area contributed by atoms with Crippen LogP contribution >= 0.6 is 0 Å². The van der Waals surface area contributed by atoms with Crippen molar-refractivity contribution in [2.45, 2.75) is 45.6 Å². The van der Waals surface area contributed by atoms with Crippen molar-refractivity contribution < 1.29 is 4.79 Å². The number of hydrogen-bond donors (Lipinski definition) is 2. The van der Waals surface area contributed by atoms with Crippen molar-refractivity contribution in [2.75, 3.05) is 25.0 Å². The molecule has 2 N–H and O–H groups in total. The largest absolute Gasteiger partial charge is 0.323 e. The summed E-state index contributed by atoms with van der Waals surface area (Å²) in [4.78, 5) is 14.4. The molecule has 1 heterocycles. The molecule has 0 radical (unpaired) electrons. The number of hydrogen-bond acceptors (Lipinski definition) is 2. The smallest absolute Gasteiger partial charge is 0.321 e. The fraction of sp³-hybridized carbons (Fsp3) is 0.588. The van der Waals surface area contributed by atoms with E-state index in [1.54, 1.807) is 0 Å². The molecule has 1 atom stereocenters. The molecule has 4 nitrogen and oxygen atoms in total. The number of carbonyl (C=O) groups is 1. The lowest BCUT2D eigenvalue weighted by Gasteiger charge is -2.30. The summed E-state index contributed by atoms with van der Waals surface area (Å²) in [5.41, 5.74) is 2.06. The summed E-state index contributed by atoms with van der Waals surface area (Å²) < 4.78 is 0. The fourth-order valence-corrected chi connectivity index (χ4v) is 2.73. The van der Waals surface area contributed by atoms with Gasteiger partial charge in [0, 0.05) is 24.8 Å². The summed E-state index contributed by atoms with van der Waals surface area (Å²) in [6, 6.07) is 8.39. The van der Waals surface area contributed by atoms with Crippen LogP contribution in [0.25, 0.3) is 0 Å². The number of rotatable bonds is 5. The van der Waals surface area contributed by atoms with Crippen LogP contribution in [0.15, 0.2) is 24.3 Å². The van der Waals surface area contributed by atoms with Gasteiger partial charge < -0.3 is 15.5 Å². The Morgan fingerprint density at radius 3 is 2.71 bits per heavy atom. The number of amides is 2. The van der Waals surface area contributed by atoms with Gasteiger partial charge in [-0.3, -0.25) is 0 Å². The number of urea groups is 1. The highest BCUT2D eigenvalue weighted by atomic mass is 16.2. The van der Waals surface area contributed by atoms with Crippen LogP contribution in [0, 0.1) is 6.92 Å². The standard InChI is InChI=1S/C17H27N3O/c1-3-12-20(13-16-6-4-5-11-18-16)17(21)19-15-9-7-14(2)8-10-15/h7-10,16,18H,3-6,11-13H2,1-2H3,(H,19,21). The zero-order valence-corrected chi connectivity index (χ0v) is 13.2. The molecule has 2 rings (SSSR count). The third-order valence-electron chi connectivity index (χ3n) is 3.94. The second-order valence-corrected chi connectivity index (χ2v) is 5.89. The summed E-state index contributed by atoms with van der Waals surface area (Å²) in [7, 11) is 0. The molecule has 0 bridgehead atoms. The highest BCUT2D eigenvalue weighted by Crippen LogP contribution is 2.12. The third kappa shape index (κ3) is 5.05. The maximum atomic E-state index is 12.4. The predicted octanol–water partition coefficient (Wildman–Crippen LogP) is 3.38. The summed E-state index contributed by atoms with van der Waals surface area (Å²) >= 11 is 0. The van der Waals surface area contributed by atoms with Crippen molar-refractivity contribution >= 4 is 11.7 Å². The summed E-state index contributed by atoms with van der Waals surface area (Å²) in [5, 5.41) is 6.52. The zero-order chi connectivity index (χ0) is 15.1. The van der Waals surface area contributed by atoms with Crippen molar-refractivity contribution in [3.8, 4) is 0 Å². The number of nitrogens with one attached hydrogen (secondary N) is 2. The second-order valence-electron chi connectivity index (χ2n) is 5.89. The highest BCUT2D eigenvalue weighted by molar-refractivity contribution is 5.89. The van der Waals surface area contributed by atoms with Crippen LogP contribution in [0.3, 0.4) is 0 Å². The number of anilines is 1. The molecule has 0 aliphatic carbocycles. The van der Waals surface area contributed by atoms with Crippen molar-refractivity contribution in [1.29, 1.82) is 0 Å². The van der Waals surface area contributed by atoms with Gasteiger partial charge >= 0.3 is 6.03 Å². The van der Waals surface area contributed by atoms with E-state index in [0.717, 1.165) is 38.2 Å². The summed E-state index contributed by atoms with van der Waals surface area (Å²) in [6.07, 6.45) is 4.66. The molecular formula is C17H27N3O. The highest BCUT2D eigenvalue weighted by Gasteiger charge is 2.20. The molecule has 0 aromatic heterocycles. The van der Waals surface area contributed by atoms with Gasteiger partial charge in [0.2, 0.25) is 0 Å². The molecule has 1 aliphatic heterocycles. The van der Waals surface area contributed by atoms with Crippen LogP contribution < -0.4 is 10.6 Å². The molecule has 1 aromatic carbocycles. The molecule has 1 aromatic rings. The molecular weight excluding hydrogens is 262 g/mol. The molecule has 116 valence electrons. The van der Waals surface area contributed by atoms with Crippen molar-refractivity contribution in [2.24, 2.45) is 0 Å². The van der Waals surface area contributed by atoms with E-state index >= 15 is 0 Å². The molecule has 1 unspecified atom stereocenters. The number of benzene rings is 1. The van der Waals surface area contributed by atoms with E-state index < -0.39 is 0 Å². The van der Waals surface area contributed by atoms with Gasteiger partial charge in [-0.25, -0.2) is 4.79 Å². The summed E-state index contributed by atoms with van der Waals surface area (Å²) in [6.45, 7) is 6.83. The van der Waals surface area contributed by atoms with Crippen molar-refractivity contribution in [3.63, 3.8) is 0 Å². The maximum absolute atomic E-state index is 12.4. The lowest BCUT2D eigenvalue weighted by Crippen LogP contribution is -2.47. The quantitative estimate of drug-likeness (QED) is 0.872. The van der Waals surface area contributed by atoms with Gasteiger partial charge in [0.25, 0.3) is 0 Å². The number of nitrogens with zero attached hydrogens (tertiary/aromatic N) is 1. The van der Waals surface area contributed by atoms with Crippen LogP contribution in [-0.4, -0.2) is 36.6 Å². The average molecular weight is 289 g/mol. The number of carbonyl (C=O) groups excluding carboxylic acids is 1. The number of piperidine rings is 1. The van der Waals surface area contributed by atoms with Gasteiger partial charge in [-0.15, -0.1) is 0 Å². The first-order valence-electron chi connectivity index (χ1n) is 8.05. The Morgan fingerprint density at radius 1 is 1.33 bits per heavy atom. The normalized spacial score (nSPS) is 18.3. The minimum absolute atomic E-state index is 0.00748. The van der Waals surface area contributed by atoms with Crippen LogP contribution in [-0.2, 0) is 0 Å². The van der Waals surface area contributed by atoms with Gasteiger partial charge in [0.15, 0.2) is 0 Å². The topological polar surface area (TPSA) is 44.4 Å². The Balaban J connectivity index is 1.92. The van der Waals surface area contributed by atoms with Gasteiger partial charge in [-0.05, 0) is 44.9 Å². The Labute approximate surface area is 127 Å². The fourth-order valence-electron chi connectivity index (χ4n) is 2.73. The molecule has 2 amide bonds. The summed E-state index contributed by atoms with van der Waals surface area (Å²) in [5.74, 6) is 0. The zero-order valence-electron chi connectivity index (χ0n) is 13.2. The van der Waals surface area contributed by atoms with Gasteiger partial charge in [0.1, 0.15) is 0 Å². The van der Waals surface area contributed by atoms with Crippen molar-refractivity contribution in [3.05, 3.63) is 29.8 Å². The van der Waals surface area contributed by atoms with E-state index in [4.69, 9.17) is 0 Å². The minimum atomic E-state index is 0.00748. The molecule has 0 spiro atoms. The third-order valence-corrected chi connectivity index (χ3v) is 3.94. The first-order chi connectivity index (χ1) is 10.2. The lowest BCUT2D eigenvalue weighted by molar-refractivity contribution is 0.199.